The lowest BCUT2D eigenvalue weighted by atomic mass is 10.4. The summed E-state index contributed by atoms with van der Waals surface area (Å²) in [5.74, 6) is 0.555. The van der Waals surface area contributed by atoms with Crippen molar-refractivity contribution < 1.29 is 9.53 Å². The van der Waals surface area contributed by atoms with Crippen LogP contribution in [0.5, 0.6) is 0 Å². The van der Waals surface area contributed by atoms with Gasteiger partial charge in [0.1, 0.15) is 5.82 Å². The smallest absolute Gasteiger partial charge is 0.323 e. The van der Waals surface area contributed by atoms with Crippen molar-refractivity contribution in [2.75, 3.05) is 31.6 Å². The fourth-order valence-corrected chi connectivity index (χ4v) is 1.64. The summed E-state index contributed by atoms with van der Waals surface area (Å²) in [4.78, 5) is 17.6. The van der Waals surface area contributed by atoms with E-state index in [9.17, 15) is 4.79 Å². The largest absolute Gasteiger partial charge is 0.378 e. The summed E-state index contributed by atoms with van der Waals surface area (Å²) in [5, 5.41) is 2.74. The van der Waals surface area contributed by atoms with E-state index in [1.54, 1.807) is 17.2 Å². The number of morpholine rings is 1. The highest BCUT2D eigenvalue weighted by atomic mass is 79.9. The van der Waals surface area contributed by atoms with E-state index in [0.29, 0.717) is 32.1 Å². The molecule has 0 radical (unpaired) electrons. The second kappa shape index (κ2) is 5.27. The van der Waals surface area contributed by atoms with Gasteiger partial charge in [-0.1, -0.05) is 0 Å². The van der Waals surface area contributed by atoms with Gasteiger partial charge >= 0.3 is 6.03 Å². The molecule has 1 N–H and O–H groups in total. The predicted octanol–water partition coefficient (Wildman–Crippen LogP) is 1.71. The number of nitrogens with one attached hydrogen (secondary N) is 1. The van der Waals surface area contributed by atoms with E-state index < -0.39 is 0 Å². The lowest BCUT2D eigenvalue weighted by Crippen LogP contribution is -2.43. The quantitative estimate of drug-likeness (QED) is 0.855. The summed E-state index contributed by atoms with van der Waals surface area (Å²) in [6, 6.07) is 3.46. The fourth-order valence-electron chi connectivity index (χ4n) is 1.40. The average molecular weight is 286 g/mol. The van der Waals surface area contributed by atoms with Crippen LogP contribution in [0.2, 0.25) is 0 Å². The number of carbonyl (C=O) groups is 1. The predicted molar refractivity (Wildman–Crippen MR) is 63.3 cm³/mol. The summed E-state index contributed by atoms with van der Waals surface area (Å²) >= 11 is 3.29. The maximum atomic E-state index is 11.8. The zero-order valence-electron chi connectivity index (χ0n) is 8.65. The number of urea groups is 1. The number of halogens is 1. The Morgan fingerprint density at radius 2 is 2.19 bits per heavy atom. The molecule has 0 aliphatic carbocycles. The van der Waals surface area contributed by atoms with E-state index in [4.69, 9.17) is 4.74 Å². The van der Waals surface area contributed by atoms with Gasteiger partial charge in [0.15, 0.2) is 0 Å². The molecule has 1 aromatic rings. The first-order chi connectivity index (χ1) is 7.75. The van der Waals surface area contributed by atoms with Crippen LogP contribution in [0.3, 0.4) is 0 Å². The molecular weight excluding hydrogens is 274 g/mol. The van der Waals surface area contributed by atoms with Gasteiger partial charge in [-0.05, 0) is 28.1 Å². The zero-order chi connectivity index (χ0) is 11.4. The summed E-state index contributed by atoms with van der Waals surface area (Å²) in [6.07, 6.45) is 1.65. The number of carbonyl (C=O) groups excluding carboxylic acids is 1. The van der Waals surface area contributed by atoms with Crippen LogP contribution < -0.4 is 5.32 Å². The van der Waals surface area contributed by atoms with Crippen molar-refractivity contribution in [3.8, 4) is 0 Å². The molecule has 0 saturated carbocycles. The molecule has 86 valence electrons. The van der Waals surface area contributed by atoms with Crippen molar-refractivity contribution in [2.24, 2.45) is 0 Å². The summed E-state index contributed by atoms with van der Waals surface area (Å²) < 4.78 is 6.06. The molecule has 6 heteroatoms. The number of aromatic nitrogens is 1. The number of amides is 2. The van der Waals surface area contributed by atoms with Gasteiger partial charge < -0.3 is 9.64 Å². The van der Waals surface area contributed by atoms with Crippen LogP contribution in [0.15, 0.2) is 22.8 Å². The molecule has 2 amide bonds. The molecular formula is C10H12BrN3O2. The highest BCUT2D eigenvalue weighted by Crippen LogP contribution is 2.11. The van der Waals surface area contributed by atoms with Crippen LogP contribution >= 0.6 is 15.9 Å². The number of hydrogen-bond acceptors (Lipinski definition) is 3. The molecule has 0 unspecified atom stereocenters. The third-order valence-electron chi connectivity index (χ3n) is 2.26. The molecule has 0 aromatic carbocycles. The molecule has 5 nitrogen and oxygen atoms in total. The van der Waals surface area contributed by atoms with Gasteiger partial charge in [-0.15, -0.1) is 0 Å². The third kappa shape index (κ3) is 2.93. The Bertz CT molecular complexity index is 363. The Labute approximate surface area is 102 Å². The van der Waals surface area contributed by atoms with Crippen molar-refractivity contribution in [2.45, 2.75) is 0 Å². The second-order valence-electron chi connectivity index (χ2n) is 3.39. The van der Waals surface area contributed by atoms with Gasteiger partial charge in [-0.25, -0.2) is 9.78 Å². The van der Waals surface area contributed by atoms with E-state index in [2.05, 4.69) is 26.2 Å². The standard InChI is InChI=1S/C10H12BrN3O2/c11-8-1-2-9(12-7-8)13-10(15)14-3-5-16-6-4-14/h1-2,7H,3-6H2,(H,12,13,15). The molecule has 16 heavy (non-hydrogen) atoms. The molecule has 0 spiro atoms. The van der Waals surface area contributed by atoms with Crippen LogP contribution in [0, 0.1) is 0 Å². The molecule has 0 bridgehead atoms. The topological polar surface area (TPSA) is 54.5 Å². The fraction of sp³-hybridized carbons (Fsp3) is 0.400. The highest BCUT2D eigenvalue weighted by Gasteiger charge is 2.16. The number of nitrogens with zero attached hydrogens (tertiary/aromatic N) is 2. The van der Waals surface area contributed by atoms with Crippen molar-refractivity contribution in [1.82, 2.24) is 9.88 Å². The molecule has 1 aliphatic rings. The minimum atomic E-state index is -0.127. The Hall–Kier alpha value is -1.14. The number of ether oxygens (including phenoxy) is 1. The van der Waals surface area contributed by atoms with E-state index in [1.807, 2.05) is 6.07 Å². The third-order valence-corrected chi connectivity index (χ3v) is 2.73. The lowest BCUT2D eigenvalue weighted by molar-refractivity contribution is 0.0564. The first-order valence-electron chi connectivity index (χ1n) is 5.01. The molecule has 1 aromatic heterocycles. The van der Waals surface area contributed by atoms with E-state index in [1.165, 1.54) is 0 Å². The van der Waals surface area contributed by atoms with Gasteiger partial charge in [0, 0.05) is 23.8 Å². The van der Waals surface area contributed by atoms with Gasteiger partial charge in [0.05, 0.1) is 13.2 Å². The van der Waals surface area contributed by atoms with Crippen molar-refractivity contribution in [1.29, 1.82) is 0 Å². The highest BCUT2D eigenvalue weighted by molar-refractivity contribution is 9.10. The van der Waals surface area contributed by atoms with Crippen molar-refractivity contribution in [3.63, 3.8) is 0 Å². The summed E-state index contributed by atoms with van der Waals surface area (Å²) in [7, 11) is 0. The van der Waals surface area contributed by atoms with Crippen LogP contribution in [-0.2, 0) is 4.74 Å². The van der Waals surface area contributed by atoms with E-state index >= 15 is 0 Å². The van der Waals surface area contributed by atoms with Gasteiger partial charge in [0.2, 0.25) is 0 Å². The maximum absolute atomic E-state index is 11.8. The van der Waals surface area contributed by atoms with E-state index in [0.717, 1.165) is 4.47 Å². The number of hydrogen-bond donors (Lipinski definition) is 1. The monoisotopic (exact) mass is 285 g/mol. The summed E-state index contributed by atoms with van der Waals surface area (Å²) in [6.45, 7) is 2.45. The normalized spacial score (nSPS) is 15.9. The van der Waals surface area contributed by atoms with E-state index in [-0.39, 0.29) is 6.03 Å². The first kappa shape index (κ1) is 11.3. The Balaban J connectivity index is 1.93. The van der Waals surface area contributed by atoms with Crippen LogP contribution in [0.25, 0.3) is 0 Å². The Kier molecular flexibility index (Phi) is 3.74. The van der Waals surface area contributed by atoms with Gasteiger partial charge in [-0.3, -0.25) is 5.32 Å². The molecule has 1 aliphatic heterocycles. The van der Waals surface area contributed by atoms with Crippen LogP contribution in [-0.4, -0.2) is 42.2 Å². The minimum Gasteiger partial charge on any atom is -0.378 e. The Morgan fingerprint density at radius 1 is 1.44 bits per heavy atom. The van der Waals surface area contributed by atoms with Crippen molar-refractivity contribution in [3.05, 3.63) is 22.8 Å². The van der Waals surface area contributed by atoms with Crippen LogP contribution in [0.1, 0.15) is 0 Å². The summed E-state index contributed by atoms with van der Waals surface area (Å²) in [5.41, 5.74) is 0. The molecule has 0 atom stereocenters. The number of rotatable bonds is 1. The molecule has 2 rings (SSSR count). The average Bonchev–Trinajstić information content (AvgIpc) is 2.33. The zero-order valence-corrected chi connectivity index (χ0v) is 10.2. The van der Waals surface area contributed by atoms with Crippen LogP contribution in [0.4, 0.5) is 10.6 Å². The SMILES string of the molecule is O=C(Nc1ccc(Br)cn1)N1CCOCC1. The molecule has 1 fully saturated rings. The number of anilines is 1. The van der Waals surface area contributed by atoms with Crippen molar-refractivity contribution >= 4 is 27.8 Å². The maximum Gasteiger partial charge on any atom is 0.323 e. The molecule has 2 heterocycles. The first-order valence-corrected chi connectivity index (χ1v) is 5.80. The molecule has 1 saturated heterocycles. The Morgan fingerprint density at radius 3 is 2.81 bits per heavy atom. The number of pyridine rings is 1. The van der Waals surface area contributed by atoms with Gasteiger partial charge in [0.25, 0.3) is 0 Å². The van der Waals surface area contributed by atoms with Gasteiger partial charge in [-0.2, -0.15) is 0 Å². The second-order valence-corrected chi connectivity index (χ2v) is 4.31. The minimum absolute atomic E-state index is 0.127. The lowest BCUT2D eigenvalue weighted by Gasteiger charge is -2.26.